The number of ether oxygens (including phenoxy) is 4. The molecule has 0 radical (unpaired) electrons. The Kier molecular flexibility index (Phi) is 5.40. The summed E-state index contributed by atoms with van der Waals surface area (Å²) in [6.07, 6.45) is 0. The van der Waals surface area contributed by atoms with Crippen molar-refractivity contribution in [2.75, 3.05) is 28.4 Å². The van der Waals surface area contributed by atoms with Crippen molar-refractivity contribution < 1.29 is 24.1 Å². The molecule has 1 aromatic heterocycles. The number of phenols is 1. The fraction of sp³-hybridized carbons (Fsp3) is 0.211. The molecular formula is C19H19NO5Se. The van der Waals surface area contributed by atoms with Crippen LogP contribution in [0.25, 0.3) is 21.3 Å². The molecule has 0 saturated carbocycles. The van der Waals surface area contributed by atoms with E-state index < -0.39 is 0 Å². The van der Waals surface area contributed by atoms with Crippen LogP contribution in [0.2, 0.25) is 0 Å². The van der Waals surface area contributed by atoms with Crippen LogP contribution in [-0.2, 0) is 0 Å². The first-order valence-corrected chi connectivity index (χ1v) is 9.58. The number of nitrogens with zero attached hydrogens (tertiary/aromatic N) is 1. The van der Waals surface area contributed by atoms with Crippen LogP contribution in [-0.4, -0.2) is 53.0 Å². The average molecular weight is 420 g/mol. The van der Waals surface area contributed by atoms with Crippen LogP contribution >= 0.6 is 0 Å². The number of benzene rings is 2. The molecule has 0 bridgehead atoms. The topological polar surface area (TPSA) is 70.0 Å². The first-order valence-electron chi connectivity index (χ1n) is 7.74. The van der Waals surface area contributed by atoms with Crippen molar-refractivity contribution in [3.63, 3.8) is 0 Å². The van der Waals surface area contributed by atoms with Crippen LogP contribution in [0, 0.1) is 0 Å². The molecule has 136 valence electrons. The Hall–Kier alpha value is -2.63. The Balaban J connectivity index is 2.13. The predicted octanol–water partition coefficient (Wildman–Crippen LogP) is 3.21. The second-order valence-corrected chi connectivity index (χ2v) is 7.12. The Bertz CT molecular complexity index is 897. The van der Waals surface area contributed by atoms with Crippen molar-refractivity contribution in [2.45, 2.75) is 0 Å². The number of hydrogen-bond acceptors (Lipinski definition) is 6. The average Bonchev–Trinajstić information content (AvgIpc) is 3.16. The molecule has 3 rings (SSSR count). The molecule has 7 heteroatoms. The van der Waals surface area contributed by atoms with Gasteiger partial charge in [0, 0.05) is 0 Å². The molecule has 2 aromatic carbocycles. The number of rotatable bonds is 6. The number of aromatic nitrogens is 1. The summed E-state index contributed by atoms with van der Waals surface area (Å²) in [5, 5.41) is 12.0. The Morgan fingerprint density at radius 2 is 1.46 bits per heavy atom. The number of phenolic OH excluding ortho intramolecular Hbond substituents is 1. The summed E-state index contributed by atoms with van der Waals surface area (Å²) in [6, 6.07) is 9.09. The van der Waals surface area contributed by atoms with Gasteiger partial charge in [-0.25, -0.2) is 0 Å². The summed E-state index contributed by atoms with van der Waals surface area (Å²) in [4.78, 5) is 4.53. The summed E-state index contributed by atoms with van der Waals surface area (Å²) in [5.74, 6) is 2.24. The van der Waals surface area contributed by atoms with Gasteiger partial charge in [-0.15, -0.1) is 0 Å². The summed E-state index contributed by atoms with van der Waals surface area (Å²) in [7, 11) is 6.28. The number of hydrogen-bond donors (Lipinski definition) is 1. The van der Waals surface area contributed by atoms with Crippen LogP contribution in [0.3, 0.4) is 0 Å². The molecule has 0 spiro atoms. The first kappa shape index (κ1) is 18.2. The minimum absolute atomic E-state index is 0.0511. The zero-order valence-electron chi connectivity index (χ0n) is 14.9. The second-order valence-electron chi connectivity index (χ2n) is 5.33. The van der Waals surface area contributed by atoms with Gasteiger partial charge >= 0.3 is 157 Å². The summed E-state index contributed by atoms with van der Waals surface area (Å²) < 4.78 is 22.5. The Morgan fingerprint density at radius 1 is 0.808 bits per heavy atom. The number of methoxy groups -OCH3 is 4. The third-order valence-corrected chi connectivity index (χ3v) is 5.78. The molecular weight excluding hydrogens is 401 g/mol. The van der Waals surface area contributed by atoms with Crippen LogP contribution < -0.4 is 18.9 Å². The van der Waals surface area contributed by atoms with Crippen LogP contribution in [0.4, 0.5) is 0 Å². The third kappa shape index (κ3) is 3.23. The van der Waals surface area contributed by atoms with E-state index in [1.54, 1.807) is 33.5 Å². The molecule has 0 atom stereocenters. The third-order valence-electron chi connectivity index (χ3n) is 3.95. The summed E-state index contributed by atoms with van der Waals surface area (Å²) in [6.45, 7) is 0. The maximum atomic E-state index is 10.1. The van der Waals surface area contributed by atoms with Crippen molar-refractivity contribution in [3.05, 3.63) is 35.4 Å². The van der Waals surface area contributed by atoms with Gasteiger partial charge in [0.25, 0.3) is 0 Å². The Morgan fingerprint density at radius 3 is 2.00 bits per heavy atom. The summed E-state index contributed by atoms with van der Waals surface area (Å²) >= 11 is 0.0511. The first-order chi connectivity index (χ1) is 12.6. The Labute approximate surface area is 157 Å². The zero-order chi connectivity index (χ0) is 18.7. The van der Waals surface area contributed by atoms with Crippen molar-refractivity contribution >= 4 is 14.5 Å². The molecule has 0 aliphatic carbocycles. The van der Waals surface area contributed by atoms with Crippen molar-refractivity contribution in [3.8, 4) is 50.0 Å². The van der Waals surface area contributed by atoms with E-state index in [9.17, 15) is 5.11 Å². The molecule has 3 aromatic rings. The van der Waals surface area contributed by atoms with Gasteiger partial charge in [-0.05, 0) is 0 Å². The van der Waals surface area contributed by atoms with Gasteiger partial charge in [0.1, 0.15) is 0 Å². The van der Waals surface area contributed by atoms with Gasteiger partial charge in [-0.1, -0.05) is 0 Å². The van der Waals surface area contributed by atoms with E-state index in [4.69, 9.17) is 18.9 Å². The zero-order valence-corrected chi connectivity index (χ0v) is 16.6. The molecule has 0 aliphatic heterocycles. The van der Waals surface area contributed by atoms with E-state index in [0.29, 0.717) is 23.0 Å². The monoisotopic (exact) mass is 421 g/mol. The van der Waals surface area contributed by atoms with Crippen LogP contribution in [0.5, 0.6) is 28.7 Å². The standard InChI is InChI=1S/C19H19NO5Se/c1-22-14-6-5-11(7-13(14)21)17-19(26-10-20-17)12-8-15(23-2)18(25-4)16(9-12)24-3/h5-10,21H,1-4H3. The van der Waals surface area contributed by atoms with E-state index in [1.807, 2.05) is 23.3 Å². The van der Waals surface area contributed by atoms with Gasteiger partial charge in [-0.3, -0.25) is 0 Å². The normalized spacial score (nSPS) is 10.5. The van der Waals surface area contributed by atoms with Gasteiger partial charge < -0.3 is 0 Å². The second kappa shape index (κ2) is 7.72. The van der Waals surface area contributed by atoms with E-state index in [-0.39, 0.29) is 20.3 Å². The fourth-order valence-corrected chi connectivity index (χ4v) is 4.38. The van der Waals surface area contributed by atoms with E-state index in [2.05, 4.69) is 4.98 Å². The molecule has 1 N–H and O–H groups in total. The minimum atomic E-state index is 0.0511. The molecule has 1 heterocycles. The molecule has 0 fully saturated rings. The number of aromatic hydroxyl groups is 1. The SMILES string of the molecule is COc1ccc(-c2nc[se]c2-c2cc(OC)c(OC)c(OC)c2)cc1O. The van der Waals surface area contributed by atoms with Gasteiger partial charge in [0.2, 0.25) is 0 Å². The maximum absolute atomic E-state index is 10.1. The predicted molar refractivity (Wildman–Crippen MR) is 99.9 cm³/mol. The van der Waals surface area contributed by atoms with Crippen LogP contribution in [0.15, 0.2) is 35.4 Å². The molecule has 0 aliphatic rings. The van der Waals surface area contributed by atoms with Crippen molar-refractivity contribution in [1.82, 2.24) is 4.98 Å². The van der Waals surface area contributed by atoms with E-state index in [0.717, 1.165) is 21.3 Å². The van der Waals surface area contributed by atoms with Gasteiger partial charge in [0.05, 0.1) is 0 Å². The molecule has 26 heavy (non-hydrogen) atoms. The molecule has 6 nitrogen and oxygen atoms in total. The molecule has 0 unspecified atom stereocenters. The van der Waals surface area contributed by atoms with Gasteiger partial charge in [-0.2, -0.15) is 0 Å². The molecule has 0 saturated heterocycles. The van der Waals surface area contributed by atoms with Crippen LogP contribution in [0.1, 0.15) is 0 Å². The fourth-order valence-electron chi connectivity index (χ4n) is 2.71. The molecule has 0 amide bonds. The van der Waals surface area contributed by atoms with Crippen molar-refractivity contribution in [1.29, 1.82) is 0 Å². The van der Waals surface area contributed by atoms with Crippen molar-refractivity contribution in [2.24, 2.45) is 0 Å². The van der Waals surface area contributed by atoms with Gasteiger partial charge in [0.15, 0.2) is 0 Å². The van der Waals surface area contributed by atoms with E-state index >= 15 is 0 Å². The van der Waals surface area contributed by atoms with E-state index in [1.165, 1.54) is 7.11 Å². The quantitative estimate of drug-likeness (QED) is 0.618. The summed E-state index contributed by atoms with van der Waals surface area (Å²) in [5.41, 5.74) is 2.59.